The third-order valence-electron chi connectivity index (χ3n) is 2.33. The Morgan fingerprint density at radius 1 is 1.29 bits per heavy atom. The summed E-state index contributed by atoms with van der Waals surface area (Å²) < 4.78 is 0. The zero-order valence-electron chi connectivity index (χ0n) is 9.96. The van der Waals surface area contributed by atoms with E-state index in [-0.39, 0.29) is 12.0 Å². The molecule has 0 aromatic carbocycles. The highest BCUT2D eigenvalue weighted by molar-refractivity contribution is 5.00. The third-order valence-corrected chi connectivity index (χ3v) is 2.33. The maximum absolute atomic E-state index is 9.78. The van der Waals surface area contributed by atoms with E-state index in [1.807, 2.05) is 6.92 Å². The van der Waals surface area contributed by atoms with E-state index in [0.29, 0.717) is 0 Å². The first-order valence-corrected chi connectivity index (χ1v) is 5.59. The summed E-state index contributed by atoms with van der Waals surface area (Å²) in [6.07, 6.45) is 9.11. The van der Waals surface area contributed by atoms with Crippen LogP contribution in [0.5, 0.6) is 0 Å². The number of allylic oxidation sites excluding steroid dienone is 3. The SMILES string of the molecule is CCC=CC(CC=C(C)C)C(O)CC. The average Bonchev–Trinajstić information content (AvgIpc) is 2.16. The van der Waals surface area contributed by atoms with Gasteiger partial charge in [0.2, 0.25) is 0 Å². The largest absolute Gasteiger partial charge is 0.393 e. The Balaban J connectivity index is 4.24. The van der Waals surface area contributed by atoms with Gasteiger partial charge in [-0.3, -0.25) is 0 Å². The second-order valence-corrected chi connectivity index (χ2v) is 3.99. The van der Waals surface area contributed by atoms with Crippen molar-refractivity contribution in [2.24, 2.45) is 5.92 Å². The van der Waals surface area contributed by atoms with Gasteiger partial charge in [-0.2, -0.15) is 0 Å². The van der Waals surface area contributed by atoms with Gasteiger partial charge in [0, 0.05) is 5.92 Å². The molecule has 0 bridgehead atoms. The zero-order valence-corrected chi connectivity index (χ0v) is 9.96. The highest BCUT2D eigenvalue weighted by atomic mass is 16.3. The van der Waals surface area contributed by atoms with Crippen LogP contribution in [0.1, 0.15) is 47.0 Å². The van der Waals surface area contributed by atoms with Gasteiger partial charge in [0.05, 0.1) is 6.10 Å². The van der Waals surface area contributed by atoms with Crippen molar-refractivity contribution in [3.63, 3.8) is 0 Å². The lowest BCUT2D eigenvalue weighted by Gasteiger charge is -2.16. The average molecular weight is 196 g/mol. The fourth-order valence-electron chi connectivity index (χ4n) is 1.35. The van der Waals surface area contributed by atoms with Gasteiger partial charge in [-0.25, -0.2) is 0 Å². The Bertz CT molecular complexity index is 187. The summed E-state index contributed by atoms with van der Waals surface area (Å²) >= 11 is 0. The van der Waals surface area contributed by atoms with Crippen LogP contribution in [-0.2, 0) is 0 Å². The van der Waals surface area contributed by atoms with Crippen LogP contribution in [0.2, 0.25) is 0 Å². The van der Waals surface area contributed by atoms with E-state index >= 15 is 0 Å². The van der Waals surface area contributed by atoms with Gasteiger partial charge in [-0.15, -0.1) is 0 Å². The Hall–Kier alpha value is -0.560. The lowest BCUT2D eigenvalue weighted by atomic mass is 9.95. The molecule has 0 radical (unpaired) electrons. The lowest BCUT2D eigenvalue weighted by molar-refractivity contribution is 0.127. The van der Waals surface area contributed by atoms with E-state index in [1.165, 1.54) is 5.57 Å². The van der Waals surface area contributed by atoms with Gasteiger partial charge >= 0.3 is 0 Å². The van der Waals surface area contributed by atoms with Gasteiger partial charge in [-0.05, 0) is 33.1 Å². The Kier molecular flexibility index (Phi) is 7.50. The molecule has 2 atom stereocenters. The lowest BCUT2D eigenvalue weighted by Crippen LogP contribution is -2.16. The first-order chi connectivity index (χ1) is 6.61. The van der Waals surface area contributed by atoms with Crippen LogP contribution in [0.4, 0.5) is 0 Å². The molecule has 1 heteroatoms. The molecule has 0 amide bonds. The van der Waals surface area contributed by atoms with Crippen molar-refractivity contribution in [1.29, 1.82) is 0 Å². The molecule has 0 aliphatic rings. The Morgan fingerprint density at radius 2 is 1.93 bits per heavy atom. The van der Waals surface area contributed by atoms with Gasteiger partial charge in [0.25, 0.3) is 0 Å². The standard InChI is InChI=1S/C13H24O/c1-5-7-8-12(13(14)6-2)10-9-11(3)4/h7-9,12-14H,5-6,10H2,1-4H3. The molecule has 0 saturated heterocycles. The Labute approximate surface area is 88.5 Å². The number of hydrogen-bond acceptors (Lipinski definition) is 1. The quantitative estimate of drug-likeness (QED) is 0.642. The maximum Gasteiger partial charge on any atom is 0.0603 e. The smallest absolute Gasteiger partial charge is 0.0603 e. The monoisotopic (exact) mass is 196 g/mol. The molecule has 2 unspecified atom stereocenters. The number of aliphatic hydroxyl groups excluding tert-OH is 1. The minimum atomic E-state index is -0.201. The Morgan fingerprint density at radius 3 is 2.36 bits per heavy atom. The van der Waals surface area contributed by atoms with E-state index in [9.17, 15) is 5.11 Å². The molecule has 0 rings (SSSR count). The highest BCUT2D eigenvalue weighted by Gasteiger charge is 2.12. The predicted molar refractivity (Wildman–Crippen MR) is 63.3 cm³/mol. The fraction of sp³-hybridized carbons (Fsp3) is 0.692. The van der Waals surface area contributed by atoms with Crippen molar-refractivity contribution >= 4 is 0 Å². The summed E-state index contributed by atoms with van der Waals surface area (Å²) in [7, 11) is 0. The summed E-state index contributed by atoms with van der Waals surface area (Å²) in [5.74, 6) is 0.287. The molecule has 0 aliphatic carbocycles. The first-order valence-electron chi connectivity index (χ1n) is 5.59. The van der Waals surface area contributed by atoms with Crippen molar-refractivity contribution in [3.8, 4) is 0 Å². The molecule has 0 saturated carbocycles. The fourth-order valence-corrected chi connectivity index (χ4v) is 1.35. The summed E-state index contributed by atoms with van der Waals surface area (Å²) in [6.45, 7) is 8.34. The van der Waals surface area contributed by atoms with Crippen LogP contribution >= 0.6 is 0 Å². The third kappa shape index (κ3) is 5.98. The van der Waals surface area contributed by atoms with Crippen LogP contribution in [0, 0.1) is 5.92 Å². The van der Waals surface area contributed by atoms with Crippen LogP contribution in [0.3, 0.4) is 0 Å². The summed E-state index contributed by atoms with van der Waals surface area (Å²) in [5.41, 5.74) is 1.32. The van der Waals surface area contributed by atoms with Crippen LogP contribution in [0.15, 0.2) is 23.8 Å². The minimum Gasteiger partial charge on any atom is -0.393 e. The van der Waals surface area contributed by atoms with Crippen molar-refractivity contribution < 1.29 is 5.11 Å². The molecule has 0 spiro atoms. The topological polar surface area (TPSA) is 20.2 Å². The molecule has 82 valence electrons. The van der Waals surface area contributed by atoms with Crippen molar-refractivity contribution in [1.82, 2.24) is 0 Å². The molecule has 0 aromatic heterocycles. The molecule has 14 heavy (non-hydrogen) atoms. The van der Waals surface area contributed by atoms with Crippen LogP contribution in [-0.4, -0.2) is 11.2 Å². The molecule has 1 nitrogen and oxygen atoms in total. The molecule has 0 heterocycles. The van der Waals surface area contributed by atoms with Crippen LogP contribution in [0.25, 0.3) is 0 Å². The predicted octanol–water partition coefficient (Wildman–Crippen LogP) is 3.70. The molecular weight excluding hydrogens is 172 g/mol. The van der Waals surface area contributed by atoms with Crippen molar-refractivity contribution in [2.45, 2.75) is 53.1 Å². The number of aliphatic hydroxyl groups is 1. The number of hydrogen-bond donors (Lipinski definition) is 1. The molecule has 0 aliphatic heterocycles. The summed E-state index contributed by atoms with van der Waals surface area (Å²) in [5, 5.41) is 9.78. The maximum atomic E-state index is 9.78. The van der Waals surface area contributed by atoms with E-state index in [1.54, 1.807) is 0 Å². The minimum absolute atomic E-state index is 0.201. The molecule has 0 fully saturated rings. The van der Waals surface area contributed by atoms with Crippen molar-refractivity contribution in [2.75, 3.05) is 0 Å². The second kappa shape index (κ2) is 7.81. The summed E-state index contributed by atoms with van der Waals surface area (Å²) in [6, 6.07) is 0. The van der Waals surface area contributed by atoms with Gasteiger partial charge in [0.15, 0.2) is 0 Å². The van der Waals surface area contributed by atoms with Gasteiger partial charge < -0.3 is 5.11 Å². The van der Waals surface area contributed by atoms with E-state index in [0.717, 1.165) is 19.3 Å². The molecule has 0 aromatic rings. The van der Waals surface area contributed by atoms with E-state index in [4.69, 9.17) is 0 Å². The molecular formula is C13H24O. The van der Waals surface area contributed by atoms with Crippen LogP contribution < -0.4 is 0 Å². The normalized spacial score (nSPS) is 15.5. The van der Waals surface area contributed by atoms with Crippen molar-refractivity contribution in [3.05, 3.63) is 23.8 Å². The highest BCUT2D eigenvalue weighted by Crippen LogP contribution is 2.16. The van der Waals surface area contributed by atoms with E-state index in [2.05, 4.69) is 39.0 Å². The first kappa shape index (κ1) is 13.4. The van der Waals surface area contributed by atoms with Gasteiger partial charge in [-0.1, -0.05) is 37.6 Å². The van der Waals surface area contributed by atoms with E-state index < -0.39 is 0 Å². The number of rotatable bonds is 6. The molecule has 1 N–H and O–H groups in total. The second-order valence-electron chi connectivity index (χ2n) is 3.99. The van der Waals surface area contributed by atoms with Gasteiger partial charge in [0.1, 0.15) is 0 Å². The zero-order chi connectivity index (χ0) is 11.0. The summed E-state index contributed by atoms with van der Waals surface area (Å²) in [4.78, 5) is 0.